The molecule has 0 unspecified atom stereocenters. The average molecular weight is 479 g/mol. The molecule has 6 heteroatoms. The van der Waals surface area contributed by atoms with Crippen LogP contribution < -0.4 is 14.2 Å². The number of carbonyl (C=O) groups is 2. The zero-order valence-electron chi connectivity index (χ0n) is 17.2. The van der Waals surface area contributed by atoms with E-state index in [2.05, 4.69) is 15.9 Å². The summed E-state index contributed by atoms with van der Waals surface area (Å²) in [5, 5.41) is 0. The van der Waals surface area contributed by atoms with Crippen LogP contribution in [-0.4, -0.2) is 18.9 Å². The molecular formula is C25H19BrO5. The van der Waals surface area contributed by atoms with E-state index in [0.717, 1.165) is 10.0 Å². The number of hydrogen-bond donors (Lipinski definition) is 0. The molecule has 0 spiro atoms. The molecule has 1 aliphatic rings. The fourth-order valence-corrected chi connectivity index (χ4v) is 3.81. The van der Waals surface area contributed by atoms with Crippen LogP contribution in [0.25, 0.3) is 6.08 Å². The van der Waals surface area contributed by atoms with Crippen LogP contribution in [-0.2, 0) is 0 Å². The molecule has 31 heavy (non-hydrogen) atoms. The van der Waals surface area contributed by atoms with Crippen LogP contribution in [0.15, 0.2) is 64.8 Å². The van der Waals surface area contributed by atoms with Crippen molar-refractivity contribution in [3.05, 3.63) is 92.6 Å². The normalized spacial score (nSPS) is 13.7. The fourth-order valence-electron chi connectivity index (χ4n) is 3.43. The minimum Gasteiger partial charge on any atom is -0.496 e. The SMILES string of the molecule is COc1ccc(Br)cc1/C=C1\Oc2cc(OC(=O)c3cccc(C)c3)cc(C)c2C1=O. The number of fused-ring (bicyclic) bond motifs is 1. The maximum atomic E-state index is 12.9. The van der Waals surface area contributed by atoms with Gasteiger partial charge in [0.05, 0.1) is 18.2 Å². The van der Waals surface area contributed by atoms with Gasteiger partial charge in [0.1, 0.15) is 17.2 Å². The van der Waals surface area contributed by atoms with E-state index in [-0.39, 0.29) is 11.5 Å². The number of ketones is 1. The van der Waals surface area contributed by atoms with Crippen LogP contribution in [0.5, 0.6) is 17.2 Å². The Morgan fingerprint density at radius 2 is 1.87 bits per heavy atom. The van der Waals surface area contributed by atoms with Crippen molar-refractivity contribution in [2.75, 3.05) is 7.11 Å². The third-order valence-corrected chi connectivity index (χ3v) is 5.38. The summed E-state index contributed by atoms with van der Waals surface area (Å²) in [5.41, 5.74) is 3.25. The van der Waals surface area contributed by atoms with E-state index in [9.17, 15) is 9.59 Å². The highest BCUT2D eigenvalue weighted by Gasteiger charge is 2.30. The fraction of sp³-hybridized carbons (Fsp3) is 0.120. The van der Waals surface area contributed by atoms with Gasteiger partial charge >= 0.3 is 5.97 Å². The smallest absolute Gasteiger partial charge is 0.343 e. The van der Waals surface area contributed by atoms with Gasteiger partial charge in [-0.2, -0.15) is 0 Å². The Balaban J connectivity index is 1.64. The molecule has 156 valence electrons. The maximum Gasteiger partial charge on any atom is 0.343 e. The Labute approximate surface area is 188 Å². The molecule has 0 saturated heterocycles. The van der Waals surface area contributed by atoms with Gasteiger partial charge in [-0.3, -0.25) is 4.79 Å². The minimum absolute atomic E-state index is 0.177. The second kappa shape index (κ2) is 8.40. The van der Waals surface area contributed by atoms with Crippen molar-refractivity contribution in [1.82, 2.24) is 0 Å². The van der Waals surface area contributed by atoms with Gasteiger partial charge in [-0.1, -0.05) is 33.6 Å². The van der Waals surface area contributed by atoms with Crippen LogP contribution in [0.2, 0.25) is 0 Å². The third kappa shape index (κ3) is 4.25. The first-order chi connectivity index (χ1) is 14.9. The predicted molar refractivity (Wildman–Crippen MR) is 121 cm³/mol. The first-order valence-corrected chi connectivity index (χ1v) is 10.4. The van der Waals surface area contributed by atoms with Crippen LogP contribution in [0, 0.1) is 13.8 Å². The lowest BCUT2D eigenvalue weighted by atomic mass is 10.0. The molecule has 0 fully saturated rings. The van der Waals surface area contributed by atoms with Crippen molar-refractivity contribution >= 4 is 33.8 Å². The summed E-state index contributed by atoms with van der Waals surface area (Å²) in [7, 11) is 1.57. The highest BCUT2D eigenvalue weighted by atomic mass is 79.9. The molecule has 1 aliphatic heterocycles. The summed E-state index contributed by atoms with van der Waals surface area (Å²) in [5.74, 6) is 0.770. The lowest BCUT2D eigenvalue weighted by molar-refractivity contribution is 0.0734. The molecule has 0 radical (unpaired) electrons. The molecule has 0 bridgehead atoms. The minimum atomic E-state index is -0.470. The van der Waals surface area contributed by atoms with E-state index < -0.39 is 5.97 Å². The zero-order valence-corrected chi connectivity index (χ0v) is 18.8. The standard InChI is InChI=1S/C25H19BrO5/c1-14-5-4-6-16(9-14)25(28)30-19-10-15(2)23-21(13-19)31-22(24(23)27)12-17-11-18(26)7-8-20(17)29-3/h4-13H,1-3H3/b22-12-. The number of rotatable bonds is 4. The third-order valence-electron chi connectivity index (χ3n) is 4.89. The van der Waals surface area contributed by atoms with E-state index in [4.69, 9.17) is 14.2 Å². The number of esters is 1. The highest BCUT2D eigenvalue weighted by Crippen LogP contribution is 2.38. The molecule has 4 rings (SSSR count). The number of aryl methyl sites for hydroxylation is 2. The number of carbonyl (C=O) groups excluding carboxylic acids is 2. The number of hydrogen-bond acceptors (Lipinski definition) is 5. The second-order valence-electron chi connectivity index (χ2n) is 7.20. The Morgan fingerprint density at radius 3 is 2.61 bits per heavy atom. The molecule has 5 nitrogen and oxygen atoms in total. The molecule has 0 N–H and O–H groups in total. The van der Waals surface area contributed by atoms with Gasteiger partial charge in [0.15, 0.2) is 5.76 Å². The Bertz CT molecular complexity index is 1240. The maximum absolute atomic E-state index is 12.9. The van der Waals surface area contributed by atoms with Gasteiger partial charge in [0.25, 0.3) is 0 Å². The topological polar surface area (TPSA) is 61.8 Å². The lowest BCUT2D eigenvalue weighted by Gasteiger charge is -2.08. The second-order valence-corrected chi connectivity index (χ2v) is 8.11. The quantitative estimate of drug-likeness (QED) is 0.265. The van der Waals surface area contributed by atoms with Gasteiger partial charge in [0.2, 0.25) is 5.78 Å². The van der Waals surface area contributed by atoms with Crippen molar-refractivity contribution in [1.29, 1.82) is 0 Å². The summed E-state index contributed by atoms with van der Waals surface area (Å²) in [6.45, 7) is 3.69. The van der Waals surface area contributed by atoms with Gasteiger partial charge in [-0.15, -0.1) is 0 Å². The van der Waals surface area contributed by atoms with Crippen molar-refractivity contribution in [2.45, 2.75) is 13.8 Å². The molecular weight excluding hydrogens is 460 g/mol. The first-order valence-electron chi connectivity index (χ1n) is 9.57. The Kier molecular flexibility index (Phi) is 5.65. The van der Waals surface area contributed by atoms with E-state index in [1.165, 1.54) is 0 Å². The summed E-state index contributed by atoms with van der Waals surface area (Å²) in [6.07, 6.45) is 1.64. The number of Topliss-reactive ketones (excluding diaryl/α,β-unsaturated/α-hetero) is 1. The van der Waals surface area contributed by atoms with Crippen molar-refractivity contribution in [3.8, 4) is 17.2 Å². The molecule has 3 aromatic carbocycles. The Hall–Kier alpha value is -3.38. The van der Waals surface area contributed by atoms with Crippen LogP contribution in [0.4, 0.5) is 0 Å². The van der Waals surface area contributed by atoms with E-state index in [1.807, 2.05) is 25.1 Å². The predicted octanol–water partition coefficient (Wildman–Crippen LogP) is 5.91. The molecule has 0 atom stereocenters. The molecule has 1 heterocycles. The summed E-state index contributed by atoms with van der Waals surface area (Å²) < 4.78 is 17.6. The zero-order chi connectivity index (χ0) is 22.1. The number of methoxy groups -OCH3 is 1. The van der Waals surface area contributed by atoms with E-state index in [0.29, 0.717) is 39.5 Å². The summed E-state index contributed by atoms with van der Waals surface area (Å²) in [6, 6.07) is 15.9. The molecule has 0 saturated carbocycles. The van der Waals surface area contributed by atoms with Crippen LogP contribution >= 0.6 is 15.9 Å². The van der Waals surface area contributed by atoms with Gasteiger partial charge in [0, 0.05) is 16.1 Å². The lowest BCUT2D eigenvalue weighted by Crippen LogP contribution is -2.09. The first kappa shape index (κ1) is 20.9. The summed E-state index contributed by atoms with van der Waals surface area (Å²) in [4.78, 5) is 25.4. The largest absolute Gasteiger partial charge is 0.496 e. The van der Waals surface area contributed by atoms with Crippen LogP contribution in [0.1, 0.15) is 37.4 Å². The van der Waals surface area contributed by atoms with E-state index in [1.54, 1.807) is 56.5 Å². The average Bonchev–Trinajstić information content (AvgIpc) is 3.03. The highest BCUT2D eigenvalue weighted by molar-refractivity contribution is 9.10. The van der Waals surface area contributed by atoms with Gasteiger partial charge < -0.3 is 14.2 Å². The van der Waals surface area contributed by atoms with Crippen LogP contribution in [0.3, 0.4) is 0 Å². The number of halogens is 1. The van der Waals surface area contributed by atoms with Gasteiger partial charge in [-0.25, -0.2) is 4.79 Å². The van der Waals surface area contributed by atoms with Crippen molar-refractivity contribution in [3.63, 3.8) is 0 Å². The number of benzene rings is 3. The molecule has 0 amide bonds. The molecule has 0 aromatic heterocycles. The molecule has 0 aliphatic carbocycles. The molecule has 3 aromatic rings. The van der Waals surface area contributed by atoms with Crippen molar-refractivity contribution < 1.29 is 23.8 Å². The summed E-state index contributed by atoms with van der Waals surface area (Å²) >= 11 is 3.43. The monoisotopic (exact) mass is 478 g/mol. The van der Waals surface area contributed by atoms with Gasteiger partial charge in [-0.05, 0) is 61.9 Å². The van der Waals surface area contributed by atoms with Crippen molar-refractivity contribution in [2.24, 2.45) is 0 Å². The van der Waals surface area contributed by atoms with E-state index >= 15 is 0 Å². The Morgan fingerprint density at radius 1 is 1.06 bits per heavy atom. The number of ether oxygens (including phenoxy) is 3. The number of allylic oxidation sites excluding steroid dienone is 1.